The molecule has 0 aromatic heterocycles. The van der Waals surface area contributed by atoms with Gasteiger partial charge in [-0.3, -0.25) is 9.59 Å². The van der Waals surface area contributed by atoms with E-state index in [0.29, 0.717) is 44.0 Å². The van der Waals surface area contributed by atoms with Gasteiger partial charge >= 0.3 is 0 Å². The summed E-state index contributed by atoms with van der Waals surface area (Å²) in [4.78, 5) is 23.1. The van der Waals surface area contributed by atoms with Gasteiger partial charge in [0.25, 0.3) is 0 Å². The Kier molecular flexibility index (Phi) is 9.01. The topological polar surface area (TPSA) is 76.7 Å². The molecule has 0 spiro atoms. The van der Waals surface area contributed by atoms with E-state index in [2.05, 4.69) is 10.6 Å². The highest BCUT2D eigenvalue weighted by atomic mass is 35.5. The first kappa shape index (κ1) is 20.1. The lowest BCUT2D eigenvalue weighted by Crippen LogP contribution is -2.37. The molecule has 7 heteroatoms. The highest BCUT2D eigenvalue weighted by Crippen LogP contribution is 2.28. The summed E-state index contributed by atoms with van der Waals surface area (Å²) in [7, 11) is 1.59. The highest BCUT2D eigenvalue weighted by Gasteiger charge is 2.09. The third-order valence-corrected chi connectivity index (χ3v) is 3.47. The molecule has 134 valence electrons. The van der Waals surface area contributed by atoms with E-state index in [1.165, 1.54) is 0 Å². The number of rotatable bonds is 10. The van der Waals surface area contributed by atoms with Crippen LogP contribution in [-0.2, 0) is 16.0 Å². The standard InChI is InChI=1S/C17H25ClN2O4/c1-4-24-14-7-5-13(11-15(14)23-3)6-8-16(21)19-9-10-20-17(22)12(2)18/h5,7,11-12H,4,6,8-10H2,1-3H3,(H,19,21)(H,20,22). The van der Waals surface area contributed by atoms with Crippen molar-refractivity contribution < 1.29 is 19.1 Å². The Bertz CT molecular complexity index is 549. The van der Waals surface area contributed by atoms with Crippen LogP contribution in [-0.4, -0.2) is 44.0 Å². The lowest BCUT2D eigenvalue weighted by Gasteiger charge is -2.11. The van der Waals surface area contributed by atoms with E-state index >= 15 is 0 Å². The van der Waals surface area contributed by atoms with Crippen molar-refractivity contribution in [3.63, 3.8) is 0 Å². The molecular weight excluding hydrogens is 332 g/mol. The van der Waals surface area contributed by atoms with E-state index in [4.69, 9.17) is 21.1 Å². The van der Waals surface area contributed by atoms with E-state index in [-0.39, 0.29) is 11.8 Å². The lowest BCUT2D eigenvalue weighted by molar-refractivity contribution is -0.122. The molecule has 1 unspecified atom stereocenters. The molecule has 0 radical (unpaired) electrons. The van der Waals surface area contributed by atoms with Crippen LogP contribution >= 0.6 is 11.6 Å². The smallest absolute Gasteiger partial charge is 0.237 e. The fourth-order valence-corrected chi connectivity index (χ4v) is 2.09. The van der Waals surface area contributed by atoms with Crippen LogP contribution in [0.1, 0.15) is 25.8 Å². The molecule has 0 aliphatic heterocycles. The number of benzene rings is 1. The number of carbonyl (C=O) groups excluding carboxylic acids is 2. The van der Waals surface area contributed by atoms with Crippen molar-refractivity contribution in [2.24, 2.45) is 0 Å². The first-order valence-electron chi connectivity index (χ1n) is 7.96. The summed E-state index contributed by atoms with van der Waals surface area (Å²) in [6.45, 7) is 4.81. The van der Waals surface area contributed by atoms with Gasteiger partial charge in [-0.05, 0) is 38.0 Å². The minimum absolute atomic E-state index is 0.0731. The molecule has 0 aliphatic rings. The Morgan fingerprint density at radius 3 is 2.54 bits per heavy atom. The van der Waals surface area contributed by atoms with E-state index in [9.17, 15) is 9.59 Å². The lowest BCUT2D eigenvalue weighted by atomic mass is 10.1. The van der Waals surface area contributed by atoms with Crippen LogP contribution < -0.4 is 20.1 Å². The van der Waals surface area contributed by atoms with E-state index in [1.54, 1.807) is 14.0 Å². The molecule has 0 bridgehead atoms. The van der Waals surface area contributed by atoms with Crippen LogP contribution in [0.15, 0.2) is 18.2 Å². The van der Waals surface area contributed by atoms with Crippen molar-refractivity contribution in [3.05, 3.63) is 23.8 Å². The maximum absolute atomic E-state index is 11.8. The monoisotopic (exact) mass is 356 g/mol. The number of carbonyl (C=O) groups is 2. The molecule has 0 fully saturated rings. The molecule has 1 aromatic rings. The Morgan fingerprint density at radius 2 is 1.92 bits per heavy atom. The first-order valence-corrected chi connectivity index (χ1v) is 8.39. The molecule has 1 aromatic carbocycles. The molecule has 0 aliphatic carbocycles. The van der Waals surface area contributed by atoms with Crippen molar-refractivity contribution in [1.82, 2.24) is 10.6 Å². The molecule has 0 saturated carbocycles. The molecule has 6 nitrogen and oxygen atoms in total. The number of halogens is 1. The predicted octanol–water partition coefficient (Wildman–Crippen LogP) is 1.89. The van der Waals surface area contributed by atoms with Gasteiger partial charge in [0.05, 0.1) is 13.7 Å². The van der Waals surface area contributed by atoms with Crippen LogP contribution in [0.2, 0.25) is 0 Å². The number of amides is 2. The molecule has 0 heterocycles. The minimum atomic E-state index is -0.574. The van der Waals surface area contributed by atoms with Gasteiger partial charge in [-0.25, -0.2) is 0 Å². The maximum atomic E-state index is 11.8. The van der Waals surface area contributed by atoms with Crippen molar-refractivity contribution in [3.8, 4) is 11.5 Å². The predicted molar refractivity (Wildman–Crippen MR) is 93.8 cm³/mol. The maximum Gasteiger partial charge on any atom is 0.237 e. The number of hydrogen-bond donors (Lipinski definition) is 2. The van der Waals surface area contributed by atoms with E-state index in [1.807, 2.05) is 25.1 Å². The summed E-state index contributed by atoms with van der Waals surface area (Å²) in [5.41, 5.74) is 0.995. The molecule has 2 amide bonds. The van der Waals surface area contributed by atoms with Crippen molar-refractivity contribution >= 4 is 23.4 Å². The molecule has 1 atom stereocenters. The number of ether oxygens (including phenoxy) is 2. The summed E-state index contributed by atoms with van der Waals surface area (Å²) in [6.07, 6.45) is 0.955. The highest BCUT2D eigenvalue weighted by molar-refractivity contribution is 6.30. The quantitative estimate of drug-likeness (QED) is 0.496. The Balaban J connectivity index is 2.35. The fourth-order valence-electron chi connectivity index (χ4n) is 2.02. The second-order valence-electron chi connectivity index (χ2n) is 5.18. The van der Waals surface area contributed by atoms with Crippen LogP contribution in [0, 0.1) is 0 Å². The van der Waals surface area contributed by atoms with Crippen LogP contribution in [0.5, 0.6) is 11.5 Å². The van der Waals surface area contributed by atoms with Gasteiger partial charge in [0, 0.05) is 19.5 Å². The normalized spacial score (nSPS) is 11.5. The fraction of sp³-hybridized carbons (Fsp3) is 0.529. The zero-order chi connectivity index (χ0) is 17.9. The number of alkyl halides is 1. The second kappa shape index (κ2) is 10.8. The molecule has 24 heavy (non-hydrogen) atoms. The van der Waals surface area contributed by atoms with Gasteiger partial charge in [-0.2, -0.15) is 0 Å². The van der Waals surface area contributed by atoms with Crippen LogP contribution in [0.4, 0.5) is 0 Å². The number of nitrogens with one attached hydrogen (secondary N) is 2. The molecule has 1 rings (SSSR count). The van der Waals surface area contributed by atoms with E-state index < -0.39 is 5.38 Å². The summed E-state index contributed by atoms with van der Waals surface area (Å²) < 4.78 is 10.8. The van der Waals surface area contributed by atoms with Crippen molar-refractivity contribution in [2.45, 2.75) is 32.1 Å². The first-order chi connectivity index (χ1) is 11.5. The number of hydrogen-bond acceptors (Lipinski definition) is 4. The molecular formula is C17H25ClN2O4. The van der Waals surface area contributed by atoms with Gasteiger partial charge in [0.2, 0.25) is 11.8 Å². The second-order valence-corrected chi connectivity index (χ2v) is 5.83. The van der Waals surface area contributed by atoms with Crippen molar-refractivity contribution in [1.29, 1.82) is 0 Å². The third kappa shape index (κ3) is 7.08. The van der Waals surface area contributed by atoms with Gasteiger partial charge in [0.15, 0.2) is 11.5 Å². The largest absolute Gasteiger partial charge is 0.493 e. The van der Waals surface area contributed by atoms with Crippen molar-refractivity contribution in [2.75, 3.05) is 26.8 Å². The Morgan fingerprint density at radius 1 is 1.21 bits per heavy atom. The minimum Gasteiger partial charge on any atom is -0.493 e. The van der Waals surface area contributed by atoms with Gasteiger partial charge in [-0.15, -0.1) is 11.6 Å². The Hall–Kier alpha value is -1.95. The SMILES string of the molecule is CCOc1ccc(CCC(=O)NCCNC(=O)C(C)Cl)cc1OC. The average Bonchev–Trinajstić information content (AvgIpc) is 2.57. The summed E-state index contributed by atoms with van der Waals surface area (Å²) in [5, 5.41) is 4.81. The van der Waals surface area contributed by atoms with Gasteiger partial charge in [0.1, 0.15) is 5.38 Å². The zero-order valence-corrected chi connectivity index (χ0v) is 15.1. The number of methoxy groups -OCH3 is 1. The van der Waals surface area contributed by atoms with Gasteiger partial charge in [-0.1, -0.05) is 6.07 Å². The molecule has 0 saturated heterocycles. The Labute approximate surface area is 147 Å². The third-order valence-electron chi connectivity index (χ3n) is 3.28. The summed E-state index contributed by atoms with van der Waals surface area (Å²) in [5.74, 6) is 1.04. The van der Waals surface area contributed by atoms with Gasteiger partial charge < -0.3 is 20.1 Å². The summed E-state index contributed by atoms with van der Waals surface area (Å²) >= 11 is 5.62. The van der Waals surface area contributed by atoms with Crippen LogP contribution in [0.3, 0.4) is 0 Å². The zero-order valence-electron chi connectivity index (χ0n) is 14.4. The number of aryl methyl sites for hydroxylation is 1. The summed E-state index contributed by atoms with van der Waals surface area (Å²) in [6, 6.07) is 5.64. The average molecular weight is 357 g/mol. The van der Waals surface area contributed by atoms with Crippen LogP contribution in [0.25, 0.3) is 0 Å². The van der Waals surface area contributed by atoms with E-state index in [0.717, 1.165) is 5.56 Å². The molecule has 2 N–H and O–H groups in total.